The Morgan fingerprint density at radius 2 is 1.70 bits per heavy atom. The second-order valence-corrected chi connectivity index (χ2v) is 13.7. The van der Waals surface area contributed by atoms with Crippen molar-refractivity contribution in [3.8, 4) is 11.5 Å². The van der Waals surface area contributed by atoms with E-state index in [-0.39, 0.29) is 41.9 Å². The predicted molar refractivity (Wildman–Crippen MR) is 169 cm³/mol. The Bertz CT molecular complexity index is 1650. The lowest BCUT2D eigenvalue weighted by molar-refractivity contribution is -0.139. The molecule has 3 aromatic rings. The zero-order chi connectivity index (χ0) is 33.2. The summed E-state index contributed by atoms with van der Waals surface area (Å²) in [5, 5.41) is 15.0. The summed E-state index contributed by atoms with van der Waals surface area (Å²) >= 11 is 0.743. The Morgan fingerprint density at radius 1 is 1.02 bits per heavy atom. The largest absolute Gasteiger partial charge is 0.457 e. The molecule has 1 aliphatic carbocycles. The van der Waals surface area contributed by atoms with Gasteiger partial charge in [-0.05, 0) is 81.5 Å². The van der Waals surface area contributed by atoms with Gasteiger partial charge in [-0.15, -0.1) is 11.3 Å². The Labute approximate surface area is 270 Å². The average molecular weight is 650 g/mol. The topological polar surface area (TPSA) is 150 Å². The summed E-state index contributed by atoms with van der Waals surface area (Å²) < 4.78 is 25.5. The third-order valence-corrected chi connectivity index (χ3v) is 8.71. The summed E-state index contributed by atoms with van der Waals surface area (Å²) in [5.41, 5.74) is -0.727. The van der Waals surface area contributed by atoms with Crippen molar-refractivity contribution in [3.05, 3.63) is 81.8 Å². The number of nitrogens with zero attached hydrogens (tertiary/aromatic N) is 1. The molecule has 1 saturated carbocycles. The summed E-state index contributed by atoms with van der Waals surface area (Å²) in [6.45, 7) is 6.73. The maximum absolute atomic E-state index is 14.6. The second-order valence-electron chi connectivity index (χ2n) is 12.6. The summed E-state index contributed by atoms with van der Waals surface area (Å²) in [5.74, 6) is -0.411. The van der Waals surface area contributed by atoms with Crippen LogP contribution in [-0.2, 0) is 20.9 Å². The Hall–Kier alpha value is -4.78. The molecule has 0 unspecified atom stereocenters. The number of thiophene rings is 1. The molecule has 2 fully saturated rings. The highest BCUT2D eigenvalue weighted by Gasteiger charge is 2.64. The van der Waals surface area contributed by atoms with E-state index in [1.165, 1.54) is 6.07 Å². The zero-order valence-electron chi connectivity index (χ0n) is 25.9. The molecule has 11 nitrogen and oxygen atoms in total. The molecule has 0 radical (unpaired) electrons. The molecule has 2 aliphatic rings. The van der Waals surface area contributed by atoms with Crippen molar-refractivity contribution in [2.24, 2.45) is 5.41 Å². The fourth-order valence-corrected chi connectivity index (χ4v) is 6.27. The standard InChI is InChI=1S/C33H36FN5O6S/c1-32(2,3)45-31(43)38-28(35)23-14-22(46-27(23)34)17-36-30(42)24-15-33(4)16-25(33)39(24)26(40)18-37-29(41)19-10-12-21(13-11-19)44-20-8-6-5-7-9-20/h5-14,24-25H,15-18H2,1-4H3,(H,36,42)(H,37,41)(H2,35,38,43)/t24-,25-,33+/m0/s1. The van der Waals surface area contributed by atoms with Gasteiger partial charge in [0.25, 0.3) is 5.91 Å². The predicted octanol–water partition coefficient (Wildman–Crippen LogP) is 4.96. The number of amidine groups is 1. The van der Waals surface area contributed by atoms with Gasteiger partial charge in [-0.2, -0.15) is 4.39 Å². The van der Waals surface area contributed by atoms with Crippen molar-refractivity contribution < 1.29 is 33.0 Å². The van der Waals surface area contributed by atoms with Gasteiger partial charge in [0, 0.05) is 16.5 Å². The lowest BCUT2D eigenvalue weighted by Crippen LogP contribution is -2.50. The summed E-state index contributed by atoms with van der Waals surface area (Å²) in [7, 11) is 0. The van der Waals surface area contributed by atoms with Crippen LogP contribution < -0.4 is 20.7 Å². The van der Waals surface area contributed by atoms with Crippen LogP contribution in [0.2, 0.25) is 0 Å². The van der Waals surface area contributed by atoms with Crippen LogP contribution in [-0.4, -0.2) is 58.8 Å². The lowest BCUT2D eigenvalue weighted by atomic mass is 10.0. The lowest BCUT2D eigenvalue weighted by Gasteiger charge is -2.27. The van der Waals surface area contributed by atoms with Crippen LogP contribution in [0.4, 0.5) is 9.18 Å². The van der Waals surface area contributed by atoms with Crippen molar-refractivity contribution in [2.75, 3.05) is 6.54 Å². The van der Waals surface area contributed by atoms with Gasteiger partial charge in [0.1, 0.15) is 29.0 Å². The maximum atomic E-state index is 14.6. The highest BCUT2D eigenvalue weighted by atomic mass is 32.1. The van der Waals surface area contributed by atoms with Crippen LogP contribution in [0.3, 0.4) is 0 Å². The Morgan fingerprint density at radius 3 is 2.37 bits per heavy atom. The molecule has 1 aliphatic heterocycles. The van der Waals surface area contributed by atoms with Crippen LogP contribution in [0, 0.1) is 16.0 Å². The molecule has 4 N–H and O–H groups in total. The number of likely N-dealkylation sites (tertiary alicyclic amines) is 1. The first-order valence-corrected chi connectivity index (χ1v) is 15.6. The van der Waals surface area contributed by atoms with E-state index >= 15 is 0 Å². The van der Waals surface area contributed by atoms with Gasteiger partial charge in [0.05, 0.1) is 18.7 Å². The van der Waals surface area contributed by atoms with E-state index in [9.17, 15) is 23.6 Å². The molecule has 46 heavy (non-hydrogen) atoms. The number of halogens is 1. The molecule has 1 saturated heterocycles. The van der Waals surface area contributed by atoms with Crippen molar-refractivity contribution >= 4 is 41.0 Å². The normalized spacial score (nSPS) is 19.9. The minimum absolute atomic E-state index is 0.0270. The Balaban J connectivity index is 1.14. The number of carbonyl (C=O) groups excluding carboxylic acids is 4. The van der Waals surface area contributed by atoms with E-state index in [2.05, 4.69) is 16.0 Å². The summed E-state index contributed by atoms with van der Waals surface area (Å²) in [4.78, 5) is 53.3. The molecule has 3 atom stereocenters. The average Bonchev–Trinajstić information content (AvgIpc) is 3.33. The number of nitrogens with one attached hydrogen (secondary N) is 4. The molecule has 2 heterocycles. The molecule has 242 valence electrons. The third kappa shape index (κ3) is 7.71. The van der Waals surface area contributed by atoms with E-state index < -0.39 is 34.6 Å². The van der Waals surface area contributed by atoms with Crippen molar-refractivity contribution in [1.82, 2.24) is 20.9 Å². The van der Waals surface area contributed by atoms with Gasteiger partial charge < -0.3 is 25.0 Å². The first kappa shape index (κ1) is 32.6. The van der Waals surface area contributed by atoms with E-state index in [0.717, 1.165) is 17.8 Å². The van der Waals surface area contributed by atoms with E-state index in [4.69, 9.17) is 14.9 Å². The van der Waals surface area contributed by atoms with Crippen LogP contribution in [0.1, 0.15) is 61.3 Å². The van der Waals surface area contributed by atoms with Gasteiger partial charge in [0.2, 0.25) is 11.8 Å². The molecule has 2 aromatic carbocycles. The minimum atomic E-state index is -0.876. The molecule has 1 aromatic heterocycles. The fraction of sp³-hybridized carbons (Fsp3) is 0.364. The summed E-state index contributed by atoms with van der Waals surface area (Å²) in [6, 6.07) is 16.3. The van der Waals surface area contributed by atoms with Gasteiger partial charge in [-0.25, -0.2) is 4.79 Å². The first-order valence-electron chi connectivity index (χ1n) is 14.8. The van der Waals surface area contributed by atoms with Crippen LogP contribution in [0.25, 0.3) is 0 Å². The number of alkyl carbamates (subject to hydrolysis) is 1. The maximum Gasteiger partial charge on any atom is 0.413 e. The van der Waals surface area contributed by atoms with Crippen molar-refractivity contribution in [2.45, 2.75) is 64.8 Å². The van der Waals surface area contributed by atoms with Gasteiger partial charge in [-0.3, -0.25) is 25.1 Å². The number of carbonyl (C=O) groups is 4. The van der Waals surface area contributed by atoms with Gasteiger partial charge in [-0.1, -0.05) is 25.1 Å². The molecular formula is C33H36FN5O6S. The highest BCUT2D eigenvalue weighted by molar-refractivity contribution is 7.10. The molecule has 0 bridgehead atoms. The van der Waals surface area contributed by atoms with E-state index in [0.29, 0.717) is 28.4 Å². The molecular weight excluding hydrogens is 613 g/mol. The van der Waals surface area contributed by atoms with Crippen molar-refractivity contribution in [1.29, 1.82) is 5.41 Å². The minimum Gasteiger partial charge on any atom is -0.457 e. The van der Waals surface area contributed by atoms with Crippen LogP contribution in [0.5, 0.6) is 11.5 Å². The first-order chi connectivity index (χ1) is 21.7. The fourth-order valence-electron chi connectivity index (χ4n) is 5.45. The van der Waals surface area contributed by atoms with Crippen LogP contribution >= 0.6 is 11.3 Å². The number of hydrogen-bond donors (Lipinski definition) is 4. The third-order valence-electron chi connectivity index (χ3n) is 7.79. The molecule has 0 spiro atoms. The van der Waals surface area contributed by atoms with Gasteiger partial charge >= 0.3 is 6.09 Å². The number of para-hydroxylation sites is 1. The smallest absolute Gasteiger partial charge is 0.413 e. The molecule has 4 amide bonds. The molecule has 13 heteroatoms. The number of hydrogen-bond acceptors (Lipinski definition) is 8. The van der Waals surface area contributed by atoms with Crippen molar-refractivity contribution in [3.63, 3.8) is 0 Å². The van der Waals surface area contributed by atoms with Gasteiger partial charge in [0.15, 0.2) is 5.13 Å². The number of ether oxygens (including phenoxy) is 2. The monoisotopic (exact) mass is 649 g/mol. The Kier molecular flexibility index (Phi) is 9.15. The zero-order valence-corrected chi connectivity index (χ0v) is 26.8. The quantitative estimate of drug-likeness (QED) is 0.190. The number of fused-ring (bicyclic) bond motifs is 1. The van der Waals surface area contributed by atoms with E-state index in [1.807, 2.05) is 37.3 Å². The number of piperidine rings is 1. The number of rotatable bonds is 9. The van der Waals surface area contributed by atoms with Crippen LogP contribution in [0.15, 0.2) is 60.7 Å². The second kappa shape index (κ2) is 12.9. The molecule has 5 rings (SSSR count). The SMILES string of the molecule is CC(C)(C)OC(=O)NC(=N)c1cc(CNC(=O)[C@@H]2C[C@]3(C)C[C@@H]3N2C(=O)CNC(=O)c2ccc(Oc3ccccc3)cc2)sc1F. The number of benzene rings is 2. The van der Waals surface area contributed by atoms with E-state index in [1.54, 1.807) is 49.9 Å². The summed E-state index contributed by atoms with van der Waals surface area (Å²) in [6.07, 6.45) is 0.366. The number of amides is 4. The highest BCUT2D eigenvalue weighted by Crippen LogP contribution is 2.59.